The van der Waals surface area contributed by atoms with Crippen molar-refractivity contribution in [1.82, 2.24) is 9.47 Å². The Morgan fingerprint density at radius 1 is 0.893 bits per heavy atom. The van der Waals surface area contributed by atoms with E-state index < -0.39 is 0 Å². The molecule has 1 aliphatic carbocycles. The quantitative estimate of drug-likeness (QED) is 0.695. The highest BCUT2D eigenvalue weighted by atomic mass is 16.5. The van der Waals surface area contributed by atoms with Gasteiger partial charge in [-0.3, -0.25) is 14.3 Å². The summed E-state index contributed by atoms with van der Waals surface area (Å²) in [5.41, 5.74) is 0.755. The lowest BCUT2D eigenvalue weighted by Crippen LogP contribution is -2.25. The van der Waals surface area contributed by atoms with E-state index in [-0.39, 0.29) is 5.56 Å². The van der Waals surface area contributed by atoms with Crippen molar-refractivity contribution in [3.8, 4) is 17.2 Å². The van der Waals surface area contributed by atoms with Gasteiger partial charge in [0.2, 0.25) is 0 Å². The summed E-state index contributed by atoms with van der Waals surface area (Å²) in [7, 11) is 0. The highest BCUT2D eigenvalue weighted by molar-refractivity contribution is 5.38. The van der Waals surface area contributed by atoms with Crippen LogP contribution in [0.4, 0.5) is 0 Å². The molecule has 5 heteroatoms. The summed E-state index contributed by atoms with van der Waals surface area (Å²) >= 11 is 0. The van der Waals surface area contributed by atoms with Gasteiger partial charge in [-0.2, -0.15) is 0 Å². The van der Waals surface area contributed by atoms with Gasteiger partial charge in [-0.05, 0) is 75.0 Å². The molecule has 2 aliphatic rings. The topological polar surface area (TPSA) is 43.7 Å². The van der Waals surface area contributed by atoms with Crippen molar-refractivity contribution in [2.45, 2.75) is 38.5 Å². The number of aromatic nitrogens is 1. The molecule has 0 bridgehead atoms. The van der Waals surface area contributed by atoms with Gasteiger partial charge in [0.25, 0.3) is 5.56 Å². The fourth-order valence-corrected chi connectivity index (χ4v) is 4.16. The lowest BCUT2D eigenvalue weighted by atomic mass is 10.1. The Morgan fingerprint density at radius 3 is 2.36 bits per heavy atom. The molecule has 2 aromatic rings. The maximum atomic E-state index is 12.5. The predicted molar refractivity (Wildman–Crippen MR) is 111 cm³/mol. The molecule has 0 spiro atoms. The van der Waals surface area contributed by atoms with Gasteiger partial charge in [-0.1, -0.05) is 12.8 Å². The van der Waals surface area contributed by atoms with Gasteiger partial charge in [0.05, 0.1) is 6.61 Å². The van der Waals surface area contributed by atoms with Crippen molar-refractivity contribution in [3.63, 3.8) is 0 Å². The molecule has 0 N–H and O–H groups in total. The number of pyridine rings is 1. The first kappa shape index (κ1) is 19.1. The first-order valence-corrected chi connectivity index (χ1v) is 10.6. The molecule has 1 saturated carbocycles. The Balaban J connectivity index is 1.32. The van der Waals surface area contributed by atoms with Crippen molar-refractivity contribution in [1.29, 1.82) is 0 Å². The van der Waals surface area contributed by atoms with Gasteiger partial charge < -0.3 is 9.47 Å². The van der Waals surface area contributed by atoms with Crippen LogP contribution in [0.5, 0.6) is 11.5 Å². The minimum Gasteiger partial charge on any atom is -0.493 e. The minimum absolute atomic E-state index is 0.0772. The molecule has 0 unspecified atom stereocenters. The summed E-state index contributed by atoms with van der Waals surface area (Å²) in [5.74, 6) is 2.14. The summed E-state index contributed by atoms with van der Waals surface area (Å²) in [6, 6.07) is 11.1. The molecular formula is C23H30N2O3. The Labute approximate surface area is 166 Å². The summed E-state index contributed by atoms with van der Waals surface area (Å²) in [6.45, 7) is 4.76. The summed E-state index contributed by atoms with van der Waals surface area (Å²) in [6.07, 6.45) is 9.46. The molecule has 150 valence electrons. The lowest BCUT2D eigenvalue weighted by Gasteiger charge is -2.15. The van der Waals surface area contributed by atoms with E-state index in [1.165, 1.54) is 51.6 Å². The van der Waals surface area contributed by atoms with Crippen molar-refractivity contribution < 1.29 is 9.47 Å². The number of benzene rings is 1. The second kappa shape index (κ2) is 9.28. The van der Waals surface area contributed by atoms with Crippen LogP contribution in [0.25, 0.3) is 5.69 Å². The maximum Gasteiger partial charge on any atom is 0.258 e. The molecule has 1 aliphatic heterocycles. The highest BCUT2D eigenvalue weighted by Gasteiger charge is 2.15. The zero-order valence-corrected chi connectivity index (χ0v) is 16.5. The average molecular weight is 383 g/mol. The van der Waals surface area contributed by atoms with Crippen molar-refractivity contribution in [2.24, 2.45) is 5.92 Å². The monoisotopic (exact) mass is 382 g/mol. The molecule has 1 saturated heterocycles. The lowest BCUT2D eigenvalue weighted by molar-refractivity contribution is 0.238. The van der Waals surface area contributed by atoms with Crippen LogP contribution in [-0.4, -0.2) is 42.3 Å². The average Bonchev–Trinajstić information content (AvgIpc) is 3.41. The maximum absolute atomic E-state index is 12.5. The number of rotatable bonds is 8. The number of hydrogen-bond acceptors (Lipinski definition) is 4. The largest absolute Gasteiger partial charge is 0.493 e. The summed E-state index contributed by atoms with van der Waals surface area (Å²) in [5, 5.41) is 0. The summed E-state index contributed by atoms with van der Waals surface area (Å²) in [4.78, 5) is 14.9. The summed E-state index contributed by atoms with van der Waals surface area (Å²) < 4.78 is 13.3. The Hall–Kier alpha value is -2.27. The second-order valence-corrected chi connectivity index (χ2v) is 7.92. The predicted octanol–water partition coefficient (Wildman–Crippen LogP) is 3.88. The molecule has 0 amide bonds. The molecule has 1 aromatic heterocycles. The van der Waals surface area contributed by atoms with Crippen molar-refractivity contribution >= 4 is 0 Å². The third-order valence-corrected chi connectivity index (χ3v) is 5.84. The van der Waals surface area contributed by atoms with E-state index in [0.29, 0.717) is 24.9 Å². The Morgan fingerprint density at radius 2 is 1.64 bits per heavy atom. The van der Waals surface area contributed by atoms with Gasteiger partial charge in [-0.25, -0.2) is 0 Å². The Kier molecular flexibility index (Phi) is 6.32. The van der Waals surface area contributed by atoms with Crippen LogP contribution < -0.4 is 15.0 Å². The van der Waals surface area contributed by atoms with Gasteiger partial charge in [0, 0.05) is 24.5 Å². The normalized spacial score (nSPS) is 17.9. The third kappa shape index (κ3) is 4.96. The van der Waals surface area contributed by atoms with Crippen molar-refractivity contribution in [2.75, 3.05) is 32.8 Å². The molecule has 2 heterocycles. The number of hydrogen-bond donors (Lipinski definition) is 0. The molecule has 2 fully saturated rings. The van der Waals surface area contributed by atoms with Crippen LogP contribution in [0.3, 0.4) is 0 Å². The number of ether oxygens (including phenoxy) is 2. The van der Waals surface area contributed by atoms with Gasteiger partial charge in [-0.15, -0.1) is 0 Å². The first-order valence-electron chi connectivity index (χ1n) is 10.6. The van der Waals surface area contributed by atoms with E-state index in [1.54, 1.807) is 16.8 Å². The van der Waals surface area contributed by atoms with E-state index in [1.807, 2.05) is 30.3 Å². The van der Waals surface area contributed by atoms with E-state index in [0.717, 1.165) is 18.0 Å². The van der Waals surface area contributed by atoms with Gasteiger partial charge in [0.15, 0.2) is 0 Å². The fraction of sp³-hybridized carbons (Fsp3) is 0.522. The molecule has 0 radical (unpaired) electrons. The SMILES string of the molecule is O=c1cc(OCC2CCCC2)ccn1-c1ccc(OCCN2CCCC2)cc1. The molecule has 0 atom stereocenters. The fourth-order valence-electron chi connectivity index (χ4n) is 4.16. The van der Waals surface area contributed by atoms with Crippen LogP contribution in [0.2, 0.25) is 0 Å². The minimum atomic E-state index is -0.0772. The zero-order chi connectivity index (χ0) is 19.2. The van der Waals surface area contributed by atoms with E-state index in [9.17, 15) is 4.79 Å². The smallest absolute Gasteiger partial charge is 0.258 e. The number of likely N-dealkylation sites (tertiary alicyclic amines) is 1. The van der Waals surface area contributed by atoms with Crippen LogP contribution in [0, 0.1) is 5.92 Å². The molecule has 1 aromatic carbocycles. The zero-order valence-electron chi connectivity index (χ0n) is 16.5. The van der Waals surface area contributed by atoms with Gasteiger partial charge in [0.1, 0.15) is 18.1 Å². The Bertz CT molecular complexity index is 803. The molecule has 4 rings (SSSR count). The van der Waals surface area contributed by atoms with Crippen LogP contribution in [0.1, 0.15) is 38.5 Å². The third-order valence-electron chi connectivity index (χ3n) is 5.84. The highest BCUT2D eigenvalue weighted by Crippen LogP contribution is 2.25. The van der Waals surface area contributed by atoms with E-state index in [2.05, 4.69) is 4.90 Å². The molecule has 5 nitrogen and oxygen atoms in total. The van der Waals surface area contributed by atoms with Crippen LogP contribution >= 0.6 is 0 Å². The first-order chi connectivity index (χ1) is 13.8. The van der Waals surface area contributed by atoms with Crippen LogP contribution in [-0.2, 0) is 0 Å². The standard InChI is InChI=1S/C23H30N2O3/c26-23-17-22(28-18-19-5-1-2-6-19)11-14-25(23)20-7-9-21(10-8-20)27-16-15-24-12-3-4-13-24/h7-11,14,17,19H,1-6,12-13,15-16,18H2. The van der Waals surface area contributed by atoms with Crippen LogP contribution in [0.15, 0.2) is 47.4 Å². The molecule has 28 heavy (non-hydrogen) atoms. The van der Waals surface area contributed by atoms with Crippen molar-refractivity contribution in [3.05, 3.63) is 52.9 Å². The van der Waals surface area contributed by atoms with Gasteiger partial charge >= 0.3 is 0 Å². The molecular weight excluding hydrogens is 352 g/mol. The number of nitrogens with zero attached hydrogens (tertiary/aromatic N) is 2. The second-order valence-electron chi connectivity index (χ2n) is 7.92. The van der Waals surface area contributed by atoms with E-state index >= 15 is 0 Å². The van der Waals surface area contributed by atoms with E-state index in [4.69, 9.17) is 9.47 Å².